The minimum absolute atomic E-state index is 0.0214. The lowest BCUT2D eigenvalue weighted by Crippen LogP contribution is -2.38. The molecule has 168 valence electrons. The van der Waals surface area contributed by atoms with E-state index in [-0.39, 0.29) is 13.0 Å². The number of aliphatic carboxylic acids is 1. The second kappa shape index (κ2) is 17.5. The summed E-state index contributed by atoms with van der Waals surface area (Å²) >= 11 is 0. The van der Waals surface area contributed by atoms with Gasteiger partial charge in [0.1, 0.15) is 24.9 Å². The lowest BCUT2D eigenvalue weighted by Gasteiger charge is -2.03. The van der Waals surface area contributed by atoms with Crippen molar-refractivity contribution in [2.45, 2.75) is 123 Å². The van der Waals surface area contributed by atoms with Gasteiger partial charge in [-0.25, -0.2) is 9.55 Å². The molecule has 29 heavy (non-hydrogen) atoms. The molecule has 0 bridgehead atoms. The van der Waals surface area contributed by atoms with Gasteiger partial charge in [-0.1, -0.05) is 96.8 Å². The zero-order chi connectivity index (χ0) is 21.2. The van der Waals surface area contributed by atoms with E-state index in [1.54, 1.807) is 0 Å². The van der Waals surface area contributed by atoms with Gasteiger partial charge in [0.25, 0.3) is 5.82 Å². The number of nitrogens with zero attached hydrogens (tertiary/aromatic N) is 1. The third-order valence-electron chi connectivity index (χ3n) is 5.67. The number of carboxylic acid groups (broad SMARTS) is 1. The first-order chi connectivity index (χ1) is 14.2. The summed E-state index contributed by atoms with van der Waals surface area (Å²) < 4.78 is 1.83. The maximum atomic E-state index is 10.9. The number of carbonyl (C=O) groups is 1. The Hall–Kier alpha value is -1.36. The normalized spacial score (nSPS) is 11.2. The molecule has 0 saturated heterocycles. The number of H-pyrrole nitrogens is 1. The summed E-state index contributed by atoms with van der Waals surface area (Å²) in [6.45, 7) is 2.74. The molecule has 3 N–H and O–H groups in total. The fourth-order valence-electron chi connectivity index (χ4n) is 3.97. The van der Waals surface area contributed by atoms with Crippen LogP contribution in [0.1, 0.15) is 115 Å². The minimum atomic E-state index is -0.850. The Bertz CT molecular complexity index is 528. The molecule has 5 nitrogen and oxygen atoms in total. The van der Waals surface area contributed by atoms with Crippen LogP contribution in [0.3, 0.4) is 0 Å². The molecular formula is C24H45N2O3+. The molecule has 0 fully saturated rings. The second-order valence-corrected chi connectivity index (χ2v) is 8.41. The number of aromatic amines is 1. The van der Waals surface area contributed by atoms with Gasteiger partial charge < -0.3 is 10.2 Å². The molecule has 0 spiro atoms. The van der Waals surface area contributed by atoms with E-state index in [0.29, 0.717) is 12.4 Å². The lowest BCUT2D eigenvalue weighted by atomic mass is 10.0. The maximum Gasteiger partial charge on any atom is 0.315 e. The van der Waals surface area contributed by atoms with Crippen molar-refractivity contribution in [2.24, 2.45) is 0 Å². The Morgan fingerprint density at radius 2 is 1.34 bits per heavy atom. The van der Waals surface area contributed by atoms with Crippen molar-refractivity contribution in [3.63, 3.8) is 0 Å². The highest BCUT2D eigenvalue weighted by molar-refractivity contribution is 5.68. The van der Waals surface area contributed by atoms with Crippen molar-refractivity contribution < 1.29 is 19.6 Å². The number of unbranched alkanes of at least 4 members (excludes halogenated alkanes) is 14. The molecule has 1 aromatic rings. The van der Waals surface area contributed by atoms with Gasteiger partial charge in [-0.2, -0.15) is 0 Å². The maximum absolute atomic E-state index is 10.9. The van der Waals surface area contributed by atoms with Crippen LogP contribution >= 0.6 is 0 Å². The van der Waals surface area contributed by atoms with Crippen molar-refractivity contribution in [2.75, 3.05) is 6.61 Å². The van der Waals surface area contributed by atoms with Gasteiger partial charge in [0.15, 0.2) is 0 Å². The van der Waals surface area contributed by atoms with E-state index in [4.69, 9.17) is 10.2 Å². The number of nitrogens with one attached hydrogen (secondary N) is 1. The molecule has 1 rings (SSSR count). The zero-order valence-corrected chi connectivity index (χ0v) is 18.8. The predicted octanol–water partition coefficient (Wildman–Crippen LogP) is 5.34. The molecule has 0 saturated carbocycles. The van der Waals surface area contributed by atoms with Crippen molar-refractivity contribution in [1.82, 2.24) is 4.98 Å². The summed E-state index contributed by atoms with van der Waals surface area (Å²) in [5.41, 5.74) is 1.07. The summed E-state index contributed by atoms with van der Waals surface area (Å²) in [7, 11) is 0. The van der Waals surface area contributed by atoms with Gasteiger partial charge in [-0.3, -0.25) is 4.79 Å². The average Bonchev–Trinajstić information content (AvgIpc) is 3.06. The highest BCUT2D eigenvalue weighted by atomic mass is 16.4. The molecule has 1 heterocycles. The van der Waals surface area contributed by atoms with Gasteiger partial charge in [0, 0.05) is 6.42 Å². The van der Waals surface area contributed by atoms with E-state index < -0.39 is 5.97 Å². The average molecular weight is 410 g/mol. The molecule has 0 aliphatic heterocycles. The molecule has 0 amide bonds. The smallest absolute Gasteiger partial charge is 0.315 e. The highest BCUT2D eigenvalue weighted by Gasteiger charge is 2.17. The molecule has 1 aromatic heterocycles. The molecule has 5 heteroatoms. The topological polar surface area (TPSA) is 77.2 Å². The fraction of sp³-hybridized carbons (Fsp3) is 0.833. The zero-order valence-electron chi connectivity index (χ0n) is 18.8. The van der Waals surface area contributed by atoms with Gasteiger partial charge >= 0.3 is 5.97 Å². The number of aryl methyl sites for hydroxylation is 1. The third-order valence-corrected chi connectivity index (χ3v) is 5.67. The Balaban J connectivity index is 1.97. The Labute approximate surface area is 177 Å². The first kappa shape index (κ1) is 25.7. The van der Waals surface area contributed by atoms with Crippen LogP contribution in [0.4, 0.5) is 0 Å². The van der Waals surface area contributed by atoms with Crippen molar-refractivity contribution in [1.29, 1.82) is 0 Å². The first-order valence-corrected chi connectivity index (χ1v) is 12.1. The van der Waals surface area contributed by atoms with E-state index in [1.807, 2.05) is 10.8 Å². The quantitative estimate of drug-likeness (QED) is 0.201. The molecule has 0 atom stereocenters. The SMILES string of the molecule is CCCCCCCCCCCCCCCCCc1c[n+](CCO)c(CC(=O)O)[nH]1. The number of aromatic nitrogens is 2. The van der Waals surface area contributed by atoms with Crippen molar-refractivity contribution in [3.8, 4) is 0 Å². The largest absolute Gasteiger partial charge is 0.481 e. The van der Waals surface area contributed by atoms with Gasteiger partial charge in [0.05, 0.1) is 6.61 Å². The highest BCUT2D eigenvalue weighted by Crippen LogP contribution is 2.14. The number of aliphatic hydroxyl groups excluding tert-OH is 1. The Kier molecular flexibility index (Phi) is 15.5. The minimum Gasteiger partial charge on any atom is -0.481 e. The number of hydrogen-bond acceptors (Lipinski definition) is 2. The Morgan fingerprint density at radius 3 is 1.79 bits per heavy atom. The number of rotatable bonds is 20. The molecule has 0 aliphatic rings. The molecule has 0 aromatic carbocycles. The standard InChI is InChI=1S/C24H44N2O3/c1-2-3-4-5-6-7-8-9-10-11-12-13-14-15-16-17-22-21-26(18-19-27)23(25-22)20-24(28)29/h21,27H,2-20H2,1H3,(H,28,29)/p+1. The van der Waals surface area contributed by atoms with E-state index in [1.165, 1.54) is 89.9 Å². The van der Waals surface area contributed by atoms with Crippen LogP contribution in [-0.2, 0) is 24.2 Å². The van der Waals surface area contributed by atoms with Crippen LogP contribution in [0.5, 0.6) is 0 Å². The van der Waals surface area contributed by atoms with E-state index in [9.17, 15) is 4.79 Å². The van der Waals surface area contributed by atoms with Crippen LogP contribution in [0.25, 0.3) is 0 Å². The van der Waals surface area contributed by atoms with E-state index in [2.05, 4.69) is 11.9 Å². The van der Waals surface area contributed by atoms with Gasteiger partial charge in [0.2, 0.25) is 0 Å². The lowest BCUT2D eigenvalue weighted by molar-refractivity contribution is -0.703. The van der Waals surface area contributed by atoms with E-state index >= 15 is 0 Å². The molecular weight excluding hydrogens is 364 g/mol. The monoisotopic (exact) mass is 409 g/mol. The van der Waals surface area contributed by atoms with E-state index in [0.717, 1.165) is 18.5 Å². The number of imidazole rings is 1. The third kappa shape index (κ3) is 13.5. The first-order valence-electron chi connectivity index (χ1n) is 12.1. The predicted molar refractivity (Wildman–Crippen MR) is 118 cm³/mol. The van der Waals surface area contributed by atoms with Crippen molar-refractivity contribution in [3.05, 3.63) is 17.7 Å². The van der Waals surface area contributed by atoms with Gasteiger partial charge in [-0.15, -0.1) is 0 Å². The molecule has 0 aliphatic carbocycles. The summed E-state index contributed by atoms with van der Waals surface area (Å²) in [5.74, 6) is -0.181. The van der Waals surface area contributed by atoms with Crippen LogP contribution in [0.2, 0.25) is 0 Å². The van der Waals surface area contributed by atoms with Crippen LogP contribution < -0.4 is 4.57 Å². The summed E-state index contributed by atoms with van der Waals surface area (Å²) in [5, 5.41) is 18.1. The fourth-order valence-corrected chi connectivity index (χ4v) is 3.97. The number of aliphatic hydroxyl groups is 1. The van der Waals surface area contributed by atoms with Crippen LogP contribution in [0, 0.1) is 0 Å². The van der Waals surface area contributed by atoms with Crippen LogP contribution in [-0.4, -0.2) is 27.8 Å². The molecule has 0 radical (unpaired) electrons. The number of carboxylic acids is 1. The van der Waals surface area contributed by atoms with Crippen LogP contribution in [0.15, 0.2) is 6.20 Å². The van der Waals surface area contributed by atoms with Crippen molar-refractivity contribution >= 4 is 5.97 Å². The Morgan fingerprint density at radius 1 is 0.862 bits per heavy atom. The van der Waals surface area contributed by atoms with Gasteiger partial charge in [-0.05, 0) is 6.42 Å². The molecule has 0 unspecified atom stereocenters. The number of hydrogen-bond donors (Lipinski definition) is 3. The second-order valence-electron chi connectivity index (χ2n) is 8.41. The summed E-state index contributed by atoms with van der Waals surface area (Å²) in [4.78, 5) is 14.2. The summed E-state index contributed by atoms with van der Waals surface area (Å²) in [6.07, 6.45) is 23.3. The summed E-state index contributed by atoms with van der Waals surface area (Å²) in [6, 6.07) is 0.